The molecule has 2 aromatic rings. The van der Waals surface area contributed by atoms with Crippen molar-refractivity contribution in [2.75, 3.05) is 32.2 Å². The number of likely N-dealkylation sites (tertiary alicyclic amines) is 1. The molecule has 2 saturated heterocycles. The van der Waals surface area contributed by atoms with Gasteiger partial charge in [0.1, 0.15) is 9.57 Å². The third kappa shape index (κ3) is 6.27. The van der Waals surface area contributed by atoms with E-state index in [1.807, 2.05) is 6.07 Å². The van der Waals surface area contributed by atoms with Crippen LogP contribution in [0.3, 0.4) is 0 Å². The molecule has 0 spiro atoms. The molecule has 2 amide bonds. The lowest BCUT2D eigenvalue weighted by Crippen LogP contribution is -2.41. The summed E-state index contributed by atoms with van der Waals surface area (Å²) in [5, 5.41) is -0.534. The van der Waals surface area contributed by atoms with Gasteiger partial charge in [-0.05, 0) is 66.3 Å². The minimum Gasteiger partial charge on any atom is -0.493 e. The quantitative estimate of drug-likeness (QED) is 0.200. The predicted molar refractivity (Wildman–Crippen MR) is 155 cm³/mol. The number of rotatable bonds is 7. The lowest BCUT2D eigenvalue weighted by atomic mass is 9.92. The topological polar surface area (TPSA) is 76.2 Å². The molecule has 0 unspecified atom stereocenters. The number of ketones is 1. The van der Waals surface area contributed by atoms with Crippen molar-refractivity contribution in [3.05, 3.63) is 59.7 Å². The Labute approximate surface area is 233 Å². The van der Waals surface area contributed by atoms with Gasteiger partial charge in [-0.3, -0.25) is 14.4 Å². The first-order valence-electron chi connectivity index (χ1n) is 12.6. The van der Waals surface area contributed by atoms with Crippen molar-refractivity contribution in [2.45, 2.75) is 31.9 Å². The number of anilines is 1. The molecule has 0 aliphatic carbocycles. The number of hydrogen-bond donors (Lipinski definition) is 0. The number of ether oxygens (including phenoxy) is 2. The molecule has 3 atom stereocenters. The molecule has 4 rings (SSSR count). The summed E-state index contributed by atoms with van der Waals surface area (Å²) in [7, 11) is 3.12. The van der Waals surface area contributed by atoms with Crippen LogP contribution in [0.4, 0.5) is 5.69 Å². The lowest BCUT2D eigenvalue weighted by Gasteiger charge is -2.36. The van der Waals surface area contributed by atoms with Gasteiger partial charge in [0.05, 0.1) is 19.9 Å². The average molecular weight is 553 g/mol. The number of benzene rings is 2. The molecule has 2 aliphatic rings. The monoisotopic (exact) mass is 552 g/mol. The fraction of sp³-hybridized carbons (Fsp3) is 0.379. The van der Waals surface area contributed by atoms with Gasteiger partial charge in [0.2, 0.25) is 11.8 Å². The van der Waals surface area contributed by atoms with E-state index >= 15 is 0 Å². The normalized spacial score (nSPS) is 21.7. The second-order valence-electron chi connectivity index (χ2n) is 9.85. The highest BCUT2D eigenvalue weighted by molar-refractivity contribution is 8.23. The standard InChI is InChI=1S/C29H32N2O5S2/c1-18-13-19(2)17-30(16-18)29(37)38-26-15-27(33)31(28(26)34)22-9-7-21(8-10-22)23(32)11-5-20-6-12-24(35-3)25(14-20)36-4/h5-12,14,18-19,26H,13,15-17H2,1-4H3/b11-5+/t18-,19-,26+/m1/s1. The molecule has 2 aromatic carbocycles. The maximum absolute atomic E-state index is 13.1. The van der Waals surface area contributed by atoms with Crippen molar-refractivity contribution < 1.29 is 23.9 Å². The van der Waals surface area contributed by atoms with E-state index in [1.54, 1.807) is 56.7 Å². The molecule has 200 valence electrons. The molecule has 38 heavy (non-hydrogen) atoms. The first kappa shape index (κ1) is 27.9. The second-order valence-corrected chi connectivity index (χ2v) is 11.7. The number of thioether (sulfide) groups is 1. The van der Waals surface area contributed by atoms with E-state index in [0.717, 1.165) is 18.7 Å². The Morgan fingerprint density at radius 1 is 1.00 bits per heavy atom. The molecule has 9 heteroatoms. The lowest BCUT2D eigenvalue weighted by molar-refractivity contribution is -0.121. The molecule has 0 N–H and O–H groups in total. The molecule has 2 fully saturated rings. The number of carbonyl (C=O) groups is 3. The number of nitrogens with zero attached hydrogens (tertiary/aromatic N) is 2. The first-order chi connectivity index (χ1) is 18.2. The number of methoxy groups -OCH3 is 2. The summed E-state index contributed by atoms with van der Waals surface area (Å²) >= 11 is 6.96. The van der Waals surface area contributed by atoms with Crippen molar-refractivity contribution in [1.29, 1.82) is 0 Å². The minimum atomic E-state index is -0.534. The van der Waals surface area contributed by atoms with Crippen LogP contribution in [0, 0.1) is 11.8 Å². The van der Waals surface area contributed by atoms with Gasteiger partial charge in [0, 0.05) is 25.1 Å². The van der Waals surface area contributed by atoms with E-state index in [1.165, 1.54) is 29.2 Å². The van der Waals surface area contributed by atoms with Gasteiger partial charge in [0.15, 0.2) is 17.3 Å². The summed E-state index contributed by atoms with van der Waals surface area (Å²) in [6, 6.07) is 11.9. The van der Waals surface area contributed by atoms with Gasteiger partial charge in [0.25, 0.3) is 0 Å². The van der Waals surface area contributed by atoms with E-state index in [-0.39, 0.29) is 24.0 Å². The van der Waals surface area contributed by atoms with Crippen molar-refractivity contribution in [3.8, 4) is 11.5 Å². The predicted octanol–water partition coefficient (Wildman–Crippen LogP) is 5.23. The maximum Gasteiger partial charge on any atom is 0.247 e. The van der Waals surface area contributed by atoms with E-state index in [2.05, 4.69) is 18.7 Å². The molecule has 0 bridgehead atoms. The molecule has 2 heterocycles. The van der Waals surface area contributed by atoms with Crippen molar-refractivity contribution in [2.24, 2.45) is 11.8 Å². The summed E-state index contributed by atoms with van der Waals surface area (Å²) in [5.74, 6) is 1.54. The Hall–Kier alpha value is -3.17. The van der Waals surface area contributed by atoms with Crippen molar-refractivity contribution >= 4 is 57.7 Å². The Bertz CT molecular complexity index is 1250. The van der Waals surface area contributed by atoms with Gasteiger partial charge in [-0.2, -0.15) is 0 Å². The van der Waals surface area contributed by atoms with Crippen LogP contribution in [0.15, 0.2) is 48.5 Å². The highest BCUT2D eigenvalue weighted by Gasteiger charge is 2.41. The van der Waals surface area contributed by atoms with Crippen LogP contribution in [-0.2, 0) is 9.59 Å². The first-order valence-corrected chi connectivity index (χ1v) is 13.9. The van der Waals surface area contributed by atoms with Crippen LogP contribution >= 0.6 is 24.0 Å². The number of piperidine rings is 1. The smallest absolute Gasteiger partial charge is 0.247 e. The molecule has 7 nitrogen and oxygen atoms in total. The Balaban J connectivity index is 1.39. The zero-order valence-electron chi connectivity index (χ0n) is 22.0. The fourth-order valence-corrected chi connectivity index (χ4v) is 6.45. The minimum absolute atomic E-state index is 0.108. The molecular formula is C29H32N2O5S2. The van der Waals surface area contributed by atoms with E-state index in [4.69, 9.17) is 21.7 Å². The summed E-state index contributed by atoms with van der Waals surface area (Å²) < 4.78 is 11.2. The summed E-state index contributed by atoms with van der Waals surface area (Å²) in [4.78, 5) is 42.0. The summed E-state index contributed by atoms with van der Waals surface area (Å²) in [5.41, 5.74) is 1.69. The zero-order chi connectivity index (χ0) is 27.4. The second kappa shape index (κ2) is 12.1. The number of imide groups is 1. The van der Waals surface area contributed by atoms with E-state index in [9.17, 15) is 14.4 Å². The molecule has 0 saturated carbocycles. The maximum atomic E-state index is 13.1. The number of hydrogen-bond acceptors (Lipinski definition) is 7. The SMILES string of the molecule is COc1ccc(/C=C/C(=O)c2ccc(N3C(=O)C[C@H](SC(=S)N4C[C@H](C)C[C@@H](C)C4)C3=O)cc2)cc1OC. The van der Waals surface area contributed by atoms with E-state index < -0.39 is 5.25 Å². The summed E-state index contributed by atoms with van der Waals surface area (Å²) in [6.07, 6.45) is 4.44. The molecular weight excluding hydrogens is 520 g/mol. The van der Waals surface area contributed by atoms with Crippen LogP contribution < -0.4 is 14.4 Å². The van der Waals surface area contributed by atoms with Crippen LogP contribution in [0.2, 0.25) is 0 Å². The highest BCUT2D eigenvalue weighted by atomic mass is 32.2. The van der Waals surface area contributed by atoms with Crippen molar-refractivity contribution in [3.63, 3.8) is 0 Å². The molecule has 0 radical (unpaired) electrons. The van der Waals surface area contributed by atoms with Crippen molar-refractivity contribution in [1.82, 2.24) is 4.90 Å². The third-order valence-corrected chi connectivity index (χ3v) is 8.38. The number of allylic oxidation sites excluding steroid dienone is 1. The van der Waals surface area contributed by atoms with Crippen LogP contribution in [0.25, 0.3) is 6.08 Å². The average Bonchev–Trinajstić information content (AvgIpc) is 3.18. The van der Waals surface area contributed by atoms with Gasteiger partial charge in [-0.25, -0.2) is 4.90 Å². The number of carbonyl (C=O) groups excluding carboxylic acids is 3. The molecule has 2 aliphatic heterocycles. The number of thiocarbonyl (C=S) groups is 1. The third-order valence-electron chi connectivity index (χ3n) is 6.72. The van der Waals surface area contributed by atoms with Crippen LogP contribution in [-0.4, -0.2) is 59.4 Å². The summed E-state index contributed by atoms with van der Waals surface area (Å²) in [6.45, 7) is 6.18. The largest absolute Gasteiger partial charge is 0.493 e. The van der Waals surface area contributed by atoms with Gasteiger partial charge < -0.3 is 14.4 Å². The highest BCUT2D eigenvalue weighted by Crippen LogP contribution is 2.33. The Morgan fingerprint density at radius 2 is 1.66 bits per heavy atom. The van der Waals surface area contributed by atoms with Crippen LogP contribution in [0.1, 0.15) is 42.6 Å². The fourth-order valence-electron chi connectivity index (χ4n) is 4.98. The molecule has 0 aromatic heterocycles. The Morgan fingerprint density at radius 3 is 2.29 bits per heavy atom. The van der Waals surface area contributed by atoms with E-state index in [0.29, 0.717) is 38.9 Å². The Kier molecular flexibility index (Phi) is 8.89. The van der Waals surface area contributed by atoms with Gasteiger partial charge in [-0.1, -0.05) is 50.0 Å². The van der Waals surface area contributed by atoms with Gasteiger partial charge >= 0.3 is 0 Å². The van der Waals surface area contributed by atoms with Gasteiger partial charge in [-0.15, -0.1) is 0 Å². The number of amides is 2. The zero-order valence-corrected chi connectivity index (χ0v) is 23.6. The van der Waals surface area contributed by atoms with Crippen LogP contribution in [0.5, 0.6) is 11.5 Å².